The molecule has 0 aromatic carbocycles. The summed E-state index contributed by atoms with van der Waals surface area (Å²) in [4.78, 5) is 24.5. The minimum atomic E-state index is -0.222. The molecule has 1 aromatic rings. The van der Waals surface area contributed by atoms with Gasteiger partial charge < -0.3 is 10.2 Å². The maximum absolute atomic E-state index is 11.7. The molecular formula is C10H14N4O2. The molecule has 86 valence electrons. The Labute approximate surface area is 93.0 Å². The van der Waals surface area contributed by atoms with Crippen molar-refractivity contribution in [3.63, 3.8) is 0 Å². The van der Waals surface area contributed by atoms with Crippen LogP contribution >= 0.6 is 0 Å². The van der Waals surface area contributed by atoms with E-state index in [9.17, 15) is 9.59 Å². The molecule has 0 saturated carbocycles. The summed E-state index contributed by atoms with van der Waals surface area (Å²) >= 11 is 0. The van der Waals surface area contributed by atoms with Crippen LogP contribution in [0.5, 0.6) is 0 Å². The number of carbonyl (C=O) groups excluding carboxylic acids is 2. The van der Waals surface area contributed by atoms with Gasteiger partial charge in [-0.05, 0) is 6.07 Å². The topological polar surface area (TPSA) is 78.1 Å². The summed E-state index contributed by atoms with van der Waals surface area (Å²) < 4.78 is 0. The third-order valence-electron chi connectivity index (χ3n) is 2.72. The molecule has 6 nitrogen and oxygen atoms in total. The maximum atomic E-state index is 11.7. The highest BCUT2D eigenvalue weighted by Gasteiger charge is 2.31. The number of amides is 2. The summed E-state index contributed by atoms with van der Waals surface area (Å²) in [6.07, 6.45) is 1.94. The molecule has 0 radical (unpaired) electrons. The minimum absolute atomic E-state index is 0.0293. The van der Waals surface area contributed by atoms with E-state index in [0.717, 1.165) is 5.69 Å². The van der Waals surface area contributed by atoms with Crippen molar-refractivity contribution >= 4 is 11.8 Å². The van der Waals surface area contributed by atoms with Gasteiger partial charge in [-0.1, -0.05) is 0 Å². The summed E-state index contributed by atoms with van der Waals surface area (Å²) in [5.41, 5.74) is 0.853. The quantitative estimate of drug-likeness (QED) is 0.724. The van der Waals surface area contributed by atoms with Gasteiger partial charge in [0.1, 0.15) is 0 Å². The highest BCUT2D eigenvalue weighted by Crippen LogP contribution is 2.15. The van der Waals surface area contributed by atoms with Crippen LogP contribution in [-0.2, 0) is 16.1 Å². The number of hydrogen-bond acceptors (Lipinski definition) is 3. The van der Waals surface area contributed by atoms with Crippen molar-refractivity contribution in [3.05, 3.63) is 18.0 Å². The number of H-pyrrole nitrogens is 1. The molecule has 0 spiro atoms. The number of nitrogens with zero attached hydrogens (tertiary/aromatic N) is 2. The maximum Gasteiger partial charge on any atom is 0.225 e. The zero-order valence-electron chi connectivity index (χ0n) is 9.06. The molecule has 1 fully saturated rings. The van der Waals surface area contributed by atoms with Gasteiger partial charge in [-0.2, -0.15) is 5.10 Å². The first-order chi connectivity index (χ1) is 7.66. The van der Waals surface area contributed by atoms with Gasteiger partial charge >= 0.3 is 0 Å². The number of hydrogen-bond donors (Lipinski definition) is 2. The summed E-state index contributed by atoms with van der Waals surface area (Å²) in [7, 11) is 1.71. The third kappa shape index (κ3) is 2.21. The van der Waals surface area contributed by atoms with Crippen molar-refractivity contribution in [1.82, 2.24) is 20.4 Å². The Hall–Kier alpha value is -1.85. The fourth-order valence-corrected chi connectivity index (χ4v) is 1.75. The van der Waals surface area contributed by atoms with Gasteiger partial charge in [0, 0.05) is 26.2 Å². The van der Waals surface area contributed by atoms with E-state index in [0.29, 0.717) is 19.5 Å². The second kappa shape index (κ2) is 4.34. The van der Waals surface area contributed by atoms with Crippen LogP contribution in [0.15, 0.2) is 12.3 Å². The second-order valence-electron chi connectivity index (χ2n) is 3.97. The first-order valence-corrected chi connectivity index (χ1v) is 5.16. The predicted molar refractivity (Wildman–Crippen MR) is 56.2 cm³/mol. The van der Waals surface area contributed by atoms with Gasteiger partial charge in [-0.15, -0.1) is 0 Å². The first-order valence-electron chi connectivity index (χ1n) is 5.16. The number of likely N-dealkylation sites (tertiary alicyclic amines) is 1. The average molecular weight is 222 g/mol. The van der Waals surface area contributed by atoms with Gasteiger partial charge in [0.15, 0.2) is 0 Å². The molecule has 2 amide bonds. The number of carbonyl (C=O) groups is 2. The SMILES string of the molecule is CN1CC(C(=O)NCc2ccn[nH]2)CC1=O. The van der Waals surface area contributed by atoms with E-state index in [2.05, 4.69) is 15.5 Å². The van der Waals surface area contributed by atoms with Crippen molar-refractivity contribution in [3.8, 4) is 0 Å². The van der Waals surface area contributed by atoms with E-state index in [4.69, 9.17) is 0 Å². The van der Waals surface area contributed by atoms with Crippen LogP contribution in [0.4, 0.5) is 0 Å². The Morgan fingerprint density at radius 3 is 3.12 bits per heavy atom. The Balaban J connectivity index is 1.83. The van der Waals surface area contributed by atoms with Crippen LogP contribution in [0, 0.1) is 5.92 Å². The van der Waals surface area contributed by atoms with Gasteiger partial charge in [-0.3, -0.25) is 14.7 Å². The molecule has 6 heteroatoms. The van der Waals surface area contributed by atoms with Crippen LogP contribution in [0.25, 0.3) is 0 Å². The van der Waals surface area contributed by atoms with E-state index in [1.807, 2.05) is 0 Å². The van der Waals surface area contributed by atoms with Crippen molar-refractivity contribution < 1.29 is 9.59 Å². The predicted octanol–water partition coefficient (Wildman–Crippen LogP) is -0.496. The highest BCUT2D eigenvalue weighted by molar-refractivity contribution is 5.89. The highest BCUT2D eigenvalue weighted by atomic mass is 16.2. The smallest absolute Gasteiger partial charge is 0.225 e. The van der Waals surface area contributed by atoms with Crippen molar-refractivity contribution in [2.75, 3.05) is 13.6 Å². The van der Waals surface area contributed by atoms with Crippen LogP contribution in [-0.4, -0.2) is 40.5 Å². The molecule has 2 N–H and O–H groups in total. The molecule has 1 aromatic heterocycles. The van der Waals surface area contributed by atoms with Crippen molar-refractivity contribution in [1.29, 1.82) is 0 Å². The molecule has 1 saturated heterocycles. The van der Waals surface area contributed by atoms with Gasteiger partial charge in [0.25, 0.3) is 0 Å². The monoisotopic (exact) mass is 222 g/mol. The summed E-state index contributed by atoms with van der Waals surface area (Å²) in [5.74, 6) is -0.269. The lowest BCUT2D eigenvalue weighted by molar-refractivity contribution is -0.128. The number of nitrogens with one attached hydrogen (secondary N) is 2. The molecule has 0 bridgehead atoms. The molecule has 2 rings (SSSR count). The Morgan fingerprint density at radius 2 is 2.56 bits per heavy atom. The first kappa shape index (κ1) is 10.7. The molecular weight excluding hydrogens is 208 g/mol. The molecule has 1 unspecified atom stereocenters. The van der Waals surface area contributed by atoms with Crippen LogP contribution in [0.2, 0.25) is 0 Å². The van der Waals surface area contributed by atoms with Gasteiger partial charge in [0.2, 0.25) is 11.8 Å². The Morgan fingerprint density at radius 1 is 1.75 bits per heavy atom. The zero-order valence-corrected chi connectivity index (χ0v) is 9.06. The average Bonchev–Trinajstić information content (AvgIpc) is 2.86. The van der Waals surface area contributed by atoms with E-state index in [-0.39, 0.29) is 17.7 Å². The zero-order chi connectivity index (χ0) is 11.5. The van der Waals surface area contributed by atoms with Crippen LogP contribution in [0.1, 0.15) is 12.1 Å². The molecule has 0 aliphatic carbocycles. The van der Waals surface area contributed by atoms with Crippen molar-refractivity contribution in [2.45, 2.75) is 13.0 Å². The fraction of sp³-hybridized carbons (Fsp3) is 0.500. The Kier molecular flexibility index (Phi) is 2.89. The number of rotatable bonds is 3. The largest absolute Gasteiger partial charge is 0.350 e. The molecule has 1 atom stereocenters. The minimum Gasteiger partial charge on any atom is -0.350 e. The normalized spacial score (nSPS) is 20.2. The lowest BCUT2D eigenvalue weighted by atomic mass is 10.1. The fourth-order valence-electron chi connectivity index (χ4n) is 1.75. The second-order valence-corrected chi connectivity index (χ2v) is 3.97. The Bertz CT molecular complexity index is 388. The standard InChI is InChI=1S/C10H14N4O2/c1-14-6-7(4-9(14)15)10(16)11-5-8-2-3-12-13-8/h2-3,7H,4-6H2,1H3,(H,11,16)(H,12,13). The lowest BCUT2D eigenvalue weighted by Gasteiger charge is -2.10. The lowest BCUT2D eigenvalue weighted by Crippen LogP contribution is -2.31. The van der Waals surface area contributed by atoms with Crippen LogP contribution in [0.3, 0.4) is 0 Å². The summed E-state index contributed by atoms with van der Waals surface area (Å²) in [5, 5.41) is 9.32. The third-order valence-corrected chi connectivity index (χ3v) is 2.72. The number of aromatic amines is 1. The van der Waals surface area contributed by atoms with E-state index < -0.39 is 0 Å². The van der Waals surface area contributed by atoms with E-state index >= 15 is 0 Å². The van der Waals surface area contributed by atoms with E-state index in [1.165, 1.54) is 0 Å². The molecule has 1 aliphatic heterocycles. The van der Waals surface area contributed by atoms with Gasteiger partial charge in [0.05, 0.1) is 18.2 Å². The summed E-state index contributed by atoms with van der Waals surface area (Å²) in [6, 6.07) is 1.80. The molecule has 1 aliphatic rings. The molecule has 16 heavy (non-hydrogen) atoms. The van der Waals surface area contributed by atoms with Gasteiger partial charge in [-0.25, -0.2) is 0 Å². The van der Waals surface area contributed by atoms with Crippen LogP contribution < -0.4 is 5.32 Å². The van der Waals surface area contributed by atoms with E-state index in [1.54, 1.807) is 24.2 Å². The molecule has 2 heterocycles. The summed E-state index contributed by atoms with van der Waals surface area (Å²) in [6.45, 7) is 0.931. The number of aromatic nitrogens is 2. The van der Waals surface area contributed by atoms with Crippen molar-refractivity contribution in [2.24, 2.45) is 5.92 Å².